The van der Waals surface area contributed by atoms with Crippen molar-refractivity contribution in [3.05, 3.63) is 58.7 Å². The molecule has 2 aromatic carbocycles. The lowest BCUT2D eigenvalue weighted by molar-refractivity contribution is 0.373. The van der Waals surface area contributed by atoms with E-state index in [4.69, 9.17) is 9.15 Å². The van der Waals surface area contributed by atoms with Crippen molar-refractivity contribution in [1.29, 1.82) is 0 Å². The van der Waals surface area contributed by atoms with E-state index in [-0.39, 0.29) is 28.2 Å². The third-order valence-corrected chi connectivity index (χ3v) is 3.20. The molecule has 4 nitrogen and oxygen atoms in total. The first kappa shape index (κ1) is 13.2. The van der Waals surface area contributed by atoms with Crippen LogP contribution in [0.4, 0.5) is 4.39 Å². The predicted octanol–water partition coefficient (Wildman–Crippen LogP) is 3.31. The molecule has 3 rings (SSSR count). The quantitative estimate of drug-likeness (QED) is 0.734. The van der Waals surface area contributed by atoms with E-state index in [1.807, 2.05) is 0 Å². The lowest BCUT2D eigenvalue weighted by atomic mass is 10.1. The average molecular weight is 286 g/mol. The number of hydrogen-bond donors (Lipinski definition) is 1. The molecule has 1 heterocycles. The van der Waals surface area contributed by atoms with Crippen molar-refractivity contribution in [2.24, 2.45) is 0 Å². The highest BCUT2D eigenvalue weighted by atomic mass is 19.1. The Morgan fingerprint density at radius 1 is 1.14 bits per heavy atom. The van der Waals surface area contributed by atoms with Crippen LogP contribution in [0.25, 0.3) is 22.1 Å². The fraction of sp³-hybridized carbons (Fsp3) is 0.0625. The summed E-state index contributed by atoms with van der Waals surface area (Å²) in [5, 5.41) is 10.2. The minimum Gasteiger partial charge on any atom is -0.504 e. The van der Waals surface area contributed by atoms with Gasteiger partial charge in [0.15, 0.2) is 11.5 Å². The number of rotatable bonds is 2. The summed E-state index contributed by atoms with van der Waals surface area (Å²) in [5.41, 5.74) is -0.177. The van der Waals surface area contributed by atoms with Gasteiger partial charge in [0.2, 0.25) is 0 Å². The zero-order chi connectivity index (χ0) is 15.0. The second-order valence-electron chi connectivity index (χ2n) is 4.49. The van der Waals surface area contributed by atoms with Crippen LogP contribution in [0.3, 0.4) is 0 Å². The molecule has 0 aliphatic rings. The Morgan fingerprint density at radius 3 is 2.62 bits per heavy atom. The molecule has 1 N–H and O–H groups in total. The molecule has 0 bridgehead atoms. The van der Waals surface area contributed by atoms with Crippen molar-refractivity contribution >= 4 is 11.0 Å². The maximum Gasteiger partial charge on any atom is 0.344 e. The van der Waals surface area contributed by atoms with Crippen LogP contribution in [0, 0.1) is 5.82 Å². The standard InChI is InChI=1S/C16H11FO4/c1-20-15-7-9-6-11(10-4-2-3-5-12(10)17)16(19)21-14(9)8-13(15)18/h2-8,18H,1H3. The summed E-state index contributed by atoms with van der Waals surface area (Å²) in [5.74, 6) is -0.391. The van der Waals surface area contributed by atoms with Crippen LogP contribution >= 0.6 is 0 Å². The lowest BCUT2D eigenvalue weighted by Crippen LogP contribution is -2.04. The Morgan fingerprint density at radius 2 is 1.90 bits per heavy atom. The smallest absolute Gasteiger partial charge is 0.344 e. The van der Waals surface area contributed by atoms with Gasteiger partial charge in [-0.1, -0.05) is 18.2 Å². The van der Waals surface area contributed by atoms with Crippen LogP contribution in [-0.4, -0.2) is 12.2 Å². The van der Waals surface area contributed by atoms with E-state index in [0.717, 1.165) is 0 Å². The van der Waals surface area contributed by atoms with Gasteiger partial charge in [-0.25, -0.2) is 9.18 Å². The number of hydrogen-bond acceptors (Lipinski definition) is 4. The molecule has 106 valence electrons. The third kappa shape index (κ3) is 2.23. The number of phenols is 1. The van der Waals surface area contributed by atoms with Gasteiger partial charge in [-0.2, -0.15) is 0 Å². The van der Waals surface area contributed by atoms with E-state index in [0.29, 0.717) is 5.39 Å². The zero-order valence-electron chi connectivity index (χ0n) is 11.1. The minimum absolute atomic E-state index is 0.119. The van der Waals surface area contributed by atoms with E-state index in [9.17, 15) is 14.3 Å². The SMILES string of the molecule is COc1cc2cc(-c3ccccc3F)c(=O)oc2cc1O. The maximum atomic E-state index is 13.8. The zero-order valence-corrected chi connectivity index (χ0v) is 11.1. The van der Waals surface area contributed by atoms with Crippen LogP contribution in [0.15, 0.2) is 51.7 Å². The molecular formula is C16H11FO4. The van der Waals surface area contributed by atoms with E-state index in [2.05, 4.69) is 0 Å². The molecule has 3 aromatic rings. The highest BCUT2D eigenvalue weighted by Gasteiger charge is 2.13. The maximum absolute atomic E-state index is 13.8. The fourth-order valence-electron chi connectivity index (χ4n) is 2.17. The lowest BCUT2D eigenvalue weighted by Gasteiger charge is -2.07. The van der Waals surface area contributed by atoms with Gasteiger partial charge in [-0.15, -0.1) is 0 Å². The summed E-state index contributed by atoms with van der Waals surface area (Å²) in [7, 11) is 1.41. The molecule has 21 heavy (non-hydrogen) atoms. The predicted molar refractivity (Wildman–Crippen MR) is 76.1 cm³/mol. The Bertz CT molecular complexity index is 883. The van der Waals surface area contributed by atoms with E-state index >= 15 is 0 Å². The molecule has 0 saturated carbocycles. The van der Waals surface area contributed by atoms with E-state index < -0.39 is 11.4 Å². The molecule has 0 saturated heterocycles. The number of benzene rings is 2. The Kier molecular flexibility index (Phi) is 3.10. The van der Waals surface area contributed by atoms with Crippen molar-refractivity contribution in [1.82, 2.24) is 0 Å². The van der Waals surface area contributed by atoms with Crippen molar-refractivity contribution in [2.75, 3.05) is 7.11 Å². The minimum atomic E-state index is -0.669. The molecule has 0 unspecified atom stereocenters. The summed E-state index contributed by atoms with van der Waals surface area (Å²) in [6.07, 6.45) is 0. The number of aromatic hydroxyl groups is 1. The molecule has 0 atom stereocenters. The molecular weight excluding hydrogens is 275 g/mol. The van der Waals surface area contributed by atoms with E-state index in [1.54, 1.807) is 12.1 Å². The highest BCUT2D eigenvalue weighted by molar-refractivity contribution is 5.84. The Hall–Kier alpha value is -2.82. The fourth-order valence-corrected chi connectivity index (χ4v) is 2.17. The number of fused-ring (bicyclic) bond motifs is 1. The number of methoxy groups -OCH3 is 1. The van der Waals surface area contributed by atoms with Gasteiger partial charge in [-0.05, 0) is 18.2 Å². The summed E-state index contributed by atoms with van der Waals surface area (Å²) >= 11 is 0. The largest absolute Gasteiger partial charge is 0.504 e. The second-order valence-corrected chi connectivity index (χ2v) is 4.49. The highest BCUT2D eigenvalue weighted by Crippen LogP contribution is 2.32. The van der Waals surface area contributed by atoms with Gasteiger partial charge in [0.05, 0.1) is 12.7 Å². The van der Waals surface area contributed by atoms with Gasteiger partial charge < -0.3 is 14.3 Å². The van der Waals surface area contributed by atoms with Crippen LogP contribution in [0.5, 0.6) is 11.5 Å². The summed E-state index contributed by atoms with van der Waals surface area (Å²) < 4.78 is 24.0. The average Bonchev–Trinajstić information content (AvgIpc) is 2.47. The van der Waals surface area contributed by atoms with Crippen LogP contribution in [0.1, 0.15) is 0 Å². The van der Waals surface area contributed by atoms with Gasteiger partial charge in [0.25, 0.3) is 0 Å². The van der Waals surface area contributed by atoms with Crippen LogP contribution in [-0.2, 0) is 0 Å². The molecule has 0 spiro atoms. The van der Waals surface area contributed by atoms with Crippen molar-refractivity contribution in [3.63, 3.8) is 0 Å². The summed E-state index contributed by atoms with van der Waals surface area (Å²) in [6, 6.07) is 10.3. The molecule has 0 aliphatic carbocycles. The Labute approximate surface area is 119 Å². The second kappa shape index (κ2) is 4.94. The Balaban J connectivity index is 2.30. The number of ether oxygens (including phenoxy) is 1. The first-order chi connectivity index (χ1) is 10.1. The van der Waals surface area contributed by atoms with Crippen LogP contribution in [0.2, 0.25) is 0 Å². The molecule has 1 aromatic heterocycles. The monoisotopic (exact) mass is 286 g/mol. The number of phenolic OH excluding ortho intramolecular Hbond substituents is 1. The first-order valence-corrected chi connectivity index (χ1v) is 6.20. The molecule has 0 aliphatic heterocycles. The van der Waals surface area contributed by atoms with Gasteiger partial charge in [0.1, 0.15) is 11.4 Å². The van der Waals surface area contributed by atoms with Crippen molar-refractivity contribution < 1.29 is 18.7 Å². The van der Waals surface area contributed by atoms with Gasteiger partial charge in [-0.3, -0.25) is 0 Å². The normalized spacial score (nSPS) is 10.8. The number of halogens is 1. The van der Waals surface area contributed by atoms with Gasteiger partial charge in [0, 0.05) is 17.0 Å². The molecule has 0 amide bonds. The van der Waals surface area contributed by atoms with E-state index in [1.165, 1.54) is 37.4 Å². The van der Waals surface area contributed by atoms with Crippen molar-refractivity contribution in [2.45, 2.75) is 0 Å². The molecule has 0 radical (unpaired) electrons. The molecule has 5 heteroatoms. The van der Waals surface area contributed by atoms with Gasteiger partial charge >= 0.3 is 5.63 Å². The molecule has 0 fully saturated rings. The summed E-state index contributed by atoms with van der Waals surface area (Å²) in [4.78, 5) is 12.0. The topological polar surface area (TPSA) is 59.7 Å². The summed E-state index contributed by atoms with van der Waals surface area (Å²) in [6.45, 7) is 0. The first-order valence-electron chi connectivity index (χ1n) is 6.20. The third-order valence-electron chi connectivity index (χ3n) is 3.20. The van der Waals surface area contributed by atoms with Crippen LogP contribution < -0.4 is 10.4 Å². The van der Waals surface area contributed by atoms with Crippen molar-refractivity contribution in [3.8, 4) is 22.6 Å².